The topological polar surface area (TPSA) is 68.5 Å². The van der Waals surface area contributed by atoms with Crippen molar-refractivity contribution < 1.29 is 23.4 Å². The average molecular weight is 545 g/mol. The lowest BCUT2D eigenvalue weighted by Gasteiger charge is -2.14. The Morgan fingerprint density at radius 2 is 1.85 bits per heavy atom. The zero-order chi connectivity index (χ0) is 24.5. The van der Waals surface area contributed by atoms with Gasteiger partial charge >= 0.3 is 5.97 Å². The fourth-order valence-corrected chi connectivity index (χ4v) is 4.40. The van der Waals surface area contributed by atoms with E-state index in [0.29, 0.717) is 22.1 Å². The minimum atomic E-state index is -1.24. The third-order valence-electron chi connectivity index (χ3n) is 5.71. The van der Waals surface area contributed by atoms with Gasteiger partial charge in [0.05, 0.1) is 5.02 Å². The van der Waals surface area contributed by atoms with E-state index >= 15 is 0 Å². The number of nitrogens with zero attached hydrogens (tertiary/aromatic N) is 1. The van der Waals surface area contributed by atoms with E-state index in [2.05, 4.69) is 15.9 Å². The summed E-state index contributed by atoms with van der Waals surface area (Å²) in [6.07, 6.45) is -1.71. The highest BCUT2D eigenvalue weighted by Gasteiger charge is 2.65. The van der Waals surface area contributed by atoms with Crippen LogP contribution in [0.15, 0.2) is 71.2 Å². The molecule has 3 aromatic carbocycles. The lowest BCUT2D eigenvalue weighted by Crippen LogP contribution is -2.16. The van der Waals surface area contributed by atoms with Gasteiger partial charge in [0.25, 0.3) is 0 Å². The Kier molecular flexibility index (Phi) is 6.83. The van der Waals surface area contributed by atoms with Crippen LogP contribution in [-0.4, -0.2) is 12.1 Å². The average Bonchev–Trinajstić information content (AvgIpc) is 3.36. The summed E-state index contributed by atoms with van der Waals surface area (Å²) in [5, 5.41) is 10.1. The molecule has 0 N–H and O–H groups in total. The molecular formula is C26H20BrClFNO4. The molecule has 0 saturated heterocycles. The molecule has 4 rings (SSSR count). The molecule has 0 aromatic heterocycles. The Balaban J connectivity index is 1.47. The molecular weight excluding hydrogens is 525 g/mol. The zero-order valence-electron chi connectivity index (χ0n) is 18.3. The summed E-state index contributed by atoms with van der Waals surface area (Å²) in [4.78, 5) is 12.9. The van der Waals surface area contributed by atoms with Crippen molar-refractivity contribution >= 4 is 33.5 Å². The van der Waals surface area contributed by atoms with E-state index in [1.54, 1.807) is 42.5 Å². The number of benzene rings is 3. The molecule has 0 spiro atoms. The van der Waals surface area contributed by atoms with Crippen molar-refractivity contribution in [2.45, 2.75) is 26.1 Å². The highest BCUT2D eigenvalue weighted by Crippen LogP contribution is 2.55. The number of carbonyl (C=O) groups excluding carboxylic acids is 1. The van der Waals surface area contributed by atoms with E-state index in [0.717, 1.165) is 4.47 Å². The van der Waals surface area contributed by atoms with Crippen LogP contribution >= 0.6 is 27.5 Å². The van der Waals surface area contributed by atoms with Crippen LogP contribution in [-0.2, 0) is 9.53 Å². The number of halogens is 3. The van der Waals surface area contributed by atoms with Crippen LogP contribution in [0.5, 0.6) is 17.2 Å². The summed E-state index contributed by atoms with van der Waals surface area (Å²) >= 11 is 9.58. The Bertz CT molecular complexity index is 1260. The van der Waals surface area contributed by atoms with Gasteiger partial charge in [-0.15, -0.1) is 0 Å². The van der Waals surface area contributed by atoms with Gasteiger partial charge in [0.1, 0.15) is 29.6 Å². The Labute approximate surface area is 210 Å². The molecule has 0 radical (unpaired) electrons. The predicted octanol–water partition coefficient (Wildman–Crippen LogP) is 7.25. The first-order chi connectivity index (χ1) is 16.2. The van der Waals surface area contributed by atoms with Crippen molar-refractivity contribution in [3.05, 3.63) is 87.6 Å². The van der Waals surface area contributed by atoms with Gasteiger partial charge in [0.15, 0.2) is 11.6 Å². The smallest absolute Gasteiger partial charge is 0.315 e. The lowest BCUT2D eigenvalue weighted by atomic mass is 10.1. The second-order valence-corrected chi connectivity index (χ2v) is 9.79. The van der Waals surface area contributed by atoms with Crippen LogP contribution in [0.4, 0.5) is 4.39 Å². The zero-order valence-corrected chi connectivity index (χ0v) is 20.6. The quantitative estimate of drug-likeness (QED) is 0.293. The summed E-state index contributed by atoms with van der Waals surface area (Å²) < 4.78 is 32.2. The van der Waals surface area contributed by atoms with E-state index in [1.165, 1.54) is 18.2 Å². The predicted molar refractivity (Wildman–Crippen MR) is 128 cm³/mol. The molecule has 3 aromatic rings. The standard InChI is InChI=1S/C26H20BrClFNO4/c1-26(2)23(24(26)33-20-11-9-16(27)13-18(20)28)25(31)34-22(14-30)15-8-10-19(29)21(12-15)32-17-6-4-3-5-7-17/h3-13,22-24H,1-2H3. The number of nitriles is 1. The van der Waals surface area contributed by atoms with Crippen LogP contribution in [0.2, 0.25) is 5.02 Å². The molecule has 8 heteroatoms. The molecule has 0 aliphatic heterocycles. The largest absolute Gasteiger partial charge is 0.487 e. The van der Waals surface area contributed by atoms with Crippen LogP contribution in [0.1, 0.15) is 25.5 Å². The maximum atomic E-state index is 14.3. The first kappa shape index (κ1) is 24.1. The van der Waals surface area contributed by atoms with Crippen molar-refractivity contribution in [3.8, 4) is 23.3 Å². The molecule has 1 aliphatic rings. The Hall–Kier alpha value is -3.08. The molecule has 3 atom stereocenters. The molecule has 0 heterocycles. The van der Waals surface area contributed by atoms with Gasteiger partial charge < -0.3 is 14.2 Å². The van der Waals surface area contributed by atoms with Crippen molar-refractivity contribution in [2.24, 2.45) is 11.3 Å². The minimum absolute atomic E-state index is 0.0714. The monoisotopic (exact) mass is 543 g/mol. The summed E-state index contributed by atoms with van der Waals surface area (Å²) in [6, 6.07) is 19.8. The number of esters is 1. The Morgan fingerprint density at radius 1 is 1.12 bits per heavy atom. The van der Waals surface area contributed by atoms with Gasteiger partial charge in [0, 0.05) is 15.5 Å². The maximum Gasteiger partial charge on any atom is 0.315 e. The first-order valence-corrected chi connectivity index (χ1v) is 11.6. The molecule has 34 heavy (non-hydrogen) atoms. The van der Waals surface area contributed by atoms with Crippen molar-refractivity contribution in [2.75, 3.05) is 0 Å². The summed E-state index contributed by atoms with van der Waals surface area (Å²) in [7, 11) is 0. The van der Waals surface area contributed by atoms with Gasteiger partial charge in [-0.1, -0.05) is 65.6 Å². The van der Waals surface area contributed by atoms with E-state index in [-0.39, 0.29) is 5.75 Å². The number of carbonyl (C=O) groups is 1. The first-order valence-electron chi connectivity index (χ1n) is 10.4. The van der Waals surface area contributed by atoms with Gasteiger partial charge in [-0.05, 0) is 42.5 Å². The summed E-state index contributed by atoms with van der Waals surface area (Å²) in [5.41, 5.74) is -0.215. The lowest BCUT2D eigenvalue weighted by molar-refractivity contribution is -0.149. The molecule has 5 nitrogen and oxygen atoms in total. The minimum Gasteiger partial charge on any atom is -0.487 e. The third-order valence-corrected chi connectivity index (χ3v) is 6.50. The van der Waals surface area contributed by atoms with Crippen LogP contribution in [0, 0.1) is 28.5 Å². The van der Waals surface area contributed by atoms with Crippen LogP contribution < -0.4 is 9.47 Å². The number of hydrogen-bond acceptors (Lipinski definition) is 5. The number of hydrogen-bond donors (Lipinski definition) is 0. The van der Waals surface area contributed by atoms with E-state index in [4.69, 9.17) is 25.8 Å². The van der Waals surface area contributed by atoms with Crippen molar-refractivity contribution in [1.82, 2.24) is 0 Å². The van der Waals surface area contributed by atoms with Gasteiger partial charge in [-0.3, -0.25) is 4.79 Å². The molecule has 174 valence electrons. The molecule has 0 bridgehead atoms. The molecule has 0 amide bonds. The van der Waals surface area contributed by atoms with Crippen LogP contribution in [0.3, 0.4) is 0 Å². The fraction of sp³-hybridized carbons (Fsp3) is 0.231. The molecule has 1 aliphatic carbocycles. The normalized spacial score (nSPS) is 18.9. The van der Waals surface area contributed by atoms with Gasteiger partial charge in [-0.25, -0.2) is 4.39 Å². The second-order valence-electron chi connectivity index (χ2n) is 8.46. The second kappa shape index (κ2) is 9.65. The number of rotatable bonds is 7. The number of para-hydroxylation sites is 1. The summed E-state index contributed by atoms with van der Waals surface area (Å²) in [6.45, 7) is 3.75. The van der Waals surface area contributed by atoms with E-state index in [9.17, 15) is 14.4 Å². The Morgan fingerprint density at radius 3 is 2.53 bits per heavy atom. The van der Waals surface area contributed by atoms with Crippen molar-refractivity contribution in [3.63, 3.8) is 0 Å². The SMILES string of the molecule is CC1(C)C(Oc2ccc(Br)cc2Cl)C1C(=O)OC(C#N)c1ccc(F)c(Oc2ccccc2)c1. The maximum absolute atomic E-state index is 14.3. The van der Waals surface area contributed by atoms with E-state index in [1.807, 2.05) is 26.0 Å². The highest BCUT2D eigenvalue weighted by atomic mass is 79.9. The number of ether oxygens (including phenoxy) is 3. The van der Waals surface area contributed by atoms with Gasteiger partial charge in [-0.2, -0.15) is 5.26 Å². The van der Waals surface area contributed by atoms with Crippen LogP contribution in [0.25, 0.3) is 0 Å². The summed E-state index contributed by atoms with van der Waals surface area (Å²) in [5.74, 6) is -0.948. The molecule has 1 saturated carbocycles. The van der Waals surface area contributed by atoms with E-state index < -0.39 is 35.3 Å². The third kappa shape index (κ3) is 5.03. The molecule has 3 unspecified atom stereocenters. The van der Waals surface area contributed by atoms with Crippen molar-refractivity contribution in [1.29, 1.82) is 5.26 Å². The fourth-order valence-electron chi connectivity index (χ4n) is 3.68. The highest BCUT2D eigenvalue weighted by molar-refractivity contribution is 9.10. The molecule has 1 fully saturated rings. The van der Waals surface area contributed by atoms with Gasteiger partial charge in [0.2, 0.25) is 6.10 Å².